The molecule has 2 heterocycles. The molecule has 0 bridgehead atoms. The summed E-state index contributed by atoms with van der Waals surface area (Å²) in [6.07, 6.45) is 2.54. The van der Waals surface area contributed by atoms with Crippen molar-refractivity contribution in [3.8, 4) is 0 Å². The summed E-state index contributed by atoms with van der Waals surface area (Å²) in [6.45, 7) is 5.24. The molecule has 0 radical (unpaired) electrons. The lowest BCUT2D eigenvalue weighted by molar-refractivity contribution is -0.390. The molecule has 0 amide bonds. The first-order valence-electron chi connectivity index (χ1n) is 8.28. The van der Waals surface area contributed by atoms with Crippen LogP contribution in [0.3, 0.4) is 0 Å². The molecule has 1 aromatic heterocycles. The van der Waals surface area contributed by atoms with Gasteiger partial charge < -0.3 is 20.0 Å². The van der Waals surface area contributed by atoms with Crippen LogP contribution in [0.2, 0.25) is 0 Å². The molecule has 1 fully saturated rings. The fourth-order valence-corrected chi connectivity index (χ4v) is 3.21. The predicted octanol–water partition coefficient (Wildman–Crippen LogP) is 2.46. The van der Waals surface area contributed by atoms with Gasteiger partial charge in [-0.25, -0.2) is 0 Å². The summed E-state index contributed by atoms with van der Waals surface area (Å²) in [7, 11) is 1.81. The van der Waals surface area contributed by atoms with E-state index in [9.17, 15) is 10.1 Å². The van der Waals surface area contributed by atoms with Gasteiger partial charge in [-0.1, -0.05) is 31.2 Å². The molecule has 1 aliphatic heterocycles. The largest absolute Gasteiger partial charge is 0.386 e. The summed E-state index contributed by atoms with van der Waals surface area (Å²) in [5.74, 6) is -0.0453. The summed E-state index contributed by atoms with van der Waals surface area (Å²) >= 11 is 0. The zero-order chi connectivity index (χ0) is 17.1. The fourth-order valence-electron chi connectivity index (χ4n) is 3.21. The normalized spacial score (nSPS) is 17.9. The highest BCUT2D eigenvalue weighted by molar-refractivity contribution is 5.85. The number of aromatic nitrogens is 2. The Hall–Kier alpha value is -1.96. The van der Waals surface area contributed by atoms with Crippen molar-refractivity contribution < 1.29 is 4.92 Å². The SMILES string of the molecule is CCc1ccc(C2CNCCN2Cc2c([N+](=O)[O-])ncn2C)cc1.Cl. The Morgan fingerprint density at radius 3 is 2.72 bits per heavy atom. The van der Waals surface area contributed by atoms with Gasteiger partial charge in [-0.3, -0.25) is 4.90 Å². The first kappa shape index (κ1) is 19.4. The van der Waals surface area contributed by atoms with E-state index in [0.717, 1.165) is 26.1 Å². The minimum absolute atomic E-state index is 0. The number of nitrogens with one attached hydrogen (secondary N) is 1. The van der Waals surface area contributed by atoms with Gasteiger partial charge in [0.15, 0.2) is 0 Å². The molecular weight excluding hydrogens is 342 g/mol. The van der Waals surface area contributed by atoms with Crippen LogP contribution in [0.5, 0.6) is 0 Å². The van der Waals surface area contributed by atoms with Gasteiger partial charge in [0.2, 0.25) is 6.33 Å². The van der Waals surface area contributed by atoms with Crippen molar-refractivity contribution in [3.05, 3.63) is 57.5 Å². The van der Waals surface area contributed by atoms with Crippen LogP contribution in [0.1, 0.15) is 29.8 Å². The van der Waals surface area contributed by atoms with Gasteiger partial charge in [-0.05, 0) is 27.5 Å². The highest BCUT2D eigenvalue weighted by atomic mass is 35.5. The number of hydrogen-bond acceptors (Lipinski definition) is 5. The standard InChI is InChI=1S/C17H23N5O2.ClH/c1-3-13-4-6-14(7-5-13)15-10-18-8-9-21(15)11-16-17(22(23)24)19-12-20(16)2;/h4-7,12,15,18H,3,8-11H2,1-2H3;1H. The van der Waals surface area contributed by atoms with Crippen LogP contribution >= 0.6 is 12.4 Å². The number of hydrogen-bond donors (Lipinski definition) is 1. The number of piperazine rings is 1. The van der Waals surface area contributed by atoms with Crippen molar-refractivity contribution in [2.45, 2.75) is 25.9 Å². The average Bonchev–Trinajstić information content (AvgIpc) is 2.96. The molecule has 0 saturated carbocycles. The highest BCUT2D eigenvalue weighted by Crippen LogP contribution is 2.27. The fraction of sp³-hybridized carbons (Fsp3) is 0.471. The molecule has 0 spiro atoms. The van der Waals surface area contributed by atoms with Crippen LogP contribution in [0.4, 0.5) is 5.82 Å². The summed E-state index contributed by atoms with van der Waals surface area (Å²) in [5, 5.41) is 14.6. The third-order valence-corrected chi connectivity index (χ3v) is 4.69. The third kappa shape index (κ3) is 4.18. The second kappa shape index (κ2) is 8.42. The minimum Gasteiger partial charge on any atom is -0.358 e. The molecule has 8 heteroatoms. The lowest BCUT2D eigenvalue weighted by atomic mass is 10.0. The Bertz CT molecular complexity index is 716. The first-order chi connectivity index (χ1) is 11.6. The van der Waals surface area contributed by atoms with E-state index in [4.69, 9.17) is 0 Å². The summed E-state index contributed by atoms with van der Waals surface area (Å²) < 4.78 is 1.75. The zero-order valence-corrected chi connectivity index (χ0v) is 15.3. The van der Waals surface area contributed by atoms with Crippen molar-refractivity contribution in [1.29, 1.82) is 0 Å². The van der Waals surface area contributed by atoms with Gasteiger partial charge in [-0.15, -0.1) is 12.4 Å². The molecule has 7 nitrogen and oxygen atoms in total. The molecule has 3 rings (SSSR count). The van der Waals surface area contributed by atoms with Gasteiger partial charge in [0, 0.05) is 39.3 Å². The molecule has 0 aliphatic carbocycles. The molecule has 1 N–H and O–H groups in total. The smallest absolute Gasteiger partial charge is 0.358 e. The number of rotatable bonds is 5. The van der Waals surface area contributed by atoms with Crippen molar-refractivity contribution in [2.75, 3.05) is 19.6 Å². The lowest BCUT2D eigenvalue weighted by Gasteiger charge is -2.36. The predicted molar refractivity (Wildman–Crippen MR) is 99.0 cm³/mol. The van der Waals surface area contributed by atoms with Gasteiger partial charge in [0.25, 0.3) is 0 Å². The maximum Gasteiger partial charge on any atom is 0.386 e. The van der Waals surface area contributed by atoms with Crippen LogP contribution in [-0.4, -0.2) is 39.0 Å². The number of nitro groups is 1. The molecule has 1 aliphatic rings. The maximum absolute atomic E-state index is 11.2. The number of nitrogens with zero attached hydrogens (tertiary/aromatic N) is 4. The monoisotopic (exact) mass is 365 g/mol. The molecule has 1 aromatic carbocycles. The topological polar surface area (TPSA) is 76.2 Å². The van der Waals surface area contributed by atoms with Gasteiger partial charge in [-0.2, -0.15) is 0 Å². The van der Waals surface area contributed by atoms with E-state index in [1.165, 1.54) is 17.5 Å². The first-order valence-corrected chi connectivity index (χ1v) is 8.28. The Labute approximate surface area is 153 Å². The Morgan fingerprint density at radius 2 is 2.08 bits per heavy atom. The number of imidazole rings is 1. The highest BCUT2D eigenvalue weighted by Gasteiger charge is 2.28. The van der Waals surface area contributed by atoms with Crippen LogP contribution in [0.25, 0.3) is 0 Å². The molecule has 2 aromatic rings. The molecule has 1 atom stereocenters. The van der Waals surface area contributed by atoms with Crippen molar-refractivity contribution in [1.82, 2.24) is 19.8 Å². The minimum atomic E-state index is -0.400. The summed E-state index contributed by atoms with van der Waals surface area (Å²) in [4.78, 5) is 17.0. The third-order valence-electron chi connectivity index (χ3n) is 4.69. The Morgan fingerprint density at radius 1 is 1.36 bits per heavy atom. The average molecular weight is 366 g/mol. The summed E-state index contributed by atoms with van der Waals surface area (Å²) in [6, 6.07) is 8.87. The van der Waals surface area contributed by atoms with Gasteiger partial charge in [0.1, 0.15) is 5.69 Å². The van der Waals surface area contributed by atoms with E-state index in [0.29, 0.717) is 12.2 Å². The molecule has 136 valence electrons. The molecule has 25 heavy (non-hydrogen) atoms. The van der Waals surface area contributed by atoms with Crippen LogP contribution in [0.15, 0.2) is 30.6 Å². The van der Waals surface area contributed by atoms with E-state index < -0.39 is 4.92 Å². The van der Waals surface area contributed by atoms with E-state index >= 15 is 0 Å². The number of benzene rings is 1. The molecule has 1 unspecified atom stereocenters. The number of halogens is 1. The summed E-state index contributed by atoms with van der Waals surface area (Å²) in [5.41, 5.74) is 3.21. The lowest BCUT2D eigenvalue weighted by Crippen LogP contribution is -2.45. The van der Waals surface area contributed by atoms with Gasteiger partial charge >= 0.3 is 5.82 Å². The van der Waals surface area contributed by atoms with E-state index in [2.05, 4.69) is 46.4 Å². The van der Waals surface area contributed by atoms with Crippen LogP contribution < -0.4 is 5.32 Å². The van der Waals surface area contributed by atoms with E-state index in [-0.39, 0.29) is 24.3 Å². The second-order valence-corrected chi connectivity index (χ2v) is 6.17. The molecule has 1 saturated heterocycles. The quantitative estimate of drug-likeness (QED) is 0.650. The maximum atomic E-state index is 11.2. The Balaban J connectivity index is 0.00000225. The Kier molecular flexibility index (Phi) is 6.52. The van der Waals surface area contributed by atoms with Crippen molar-refractivity contribution in [2.24, 2.45) is 7.05 Å². The molecular formula is C17H24ClN5O2. The van der Waals surface area contributed by atoms with Crippen molar-refractivity contribution in [3.63, 3.8) is 0 Å². The van der Waals surface area contributed by atoms with E-state index in [1.807, 2.05) is 7.05 Å². The van der Waals surface area contributed by atoms with Gasteiger partial charge in [0.05, 0.1) is 0 Å². The van der Waals surface area contributed by atoms with Crippen LogP contribution in [0, 0.1) is 10.1 Å². The number of aryl methyl sites for hydroxylation is 2. The second-order valence-electron chi connectivity index (χ2n) is 6.17. The zero-order valence-electron chi connectivity index (χ0n) is 14.5. The van der Waals surface area contributed by atoms with Crippen LogP contribution in [-0.2, 0) is 20.0 Å². The van der Waals surface area contributed by atoms with E-state index in [1.54, 1.807) is 4.57 Å². The van der Waals surface area contributed by atoms with Crippen molar-refractivity contribution >= 4 is 18.2 Å².